The lowest BCUT2D eigenvalue weighted by Gasteiger charge is -2.24. The van der Waals surface area contributed by atoms with Crippen LogP contribution in [0.25, 0.3) is 0 Å². The number of aliphatic carboxylic acids is 1. The number of carboxylic acid groups (broad SMARTS) is 1. The van der Waals surface area contributed by atoms with E-state index in [-0.39, 0.29) is 24.0 Å². The maximum atomic E-state index is 12.7. The second-order valence-corrected chi connectivity index (χ2v) is 8.20. The van der Waals surface area contributed by atoms with E-state index in [9.17, 15) is 24.6 Å². The number of amides is 2. The molecule has 1 aromatic carbocycles. The number of nitrogens with two attached hydrogens (primary N) is 1. The van der Waals surface area contributed by atoms with Gasteiger partial charge in [0.05, 0.1) is 6.04 Å². The largest absolute Gasteiger partial charge is 0.508 e. The predicted molar refractivity (Wildman–Crippen MR) is 110 cm³/mol. The molecule has 1 aromatic rings. The van der Waals surface area contributed by atoms with Gasteiger partial charge in [0.15, 0.2) is 0 Å². The number of benzene rings is 1. The van der Waals surface area contributed by atoms with Gasteiger partial charge in [-0.25, -0.2) is 4.79 Å². The molecule has 2 amide bonds. The van der Waals surface area contributed by atoms with E-state index >= 15 is 0 Å². The summed E-state index contributed by atoms with van der Waals surface area (Å²) in [5, 5.41) is 24.0. The smallest absolute Gasteiger partial charge is 0.326 e. The van der Waals surface area contributed by atoms with Crippen molar-refractivity contribution < 1.29 is 24.6 Å². The molecule has 1 rings (SSSR count). The third kappa shape index (κ3) is 8.95. The minimum atomic E-state index is -1.18. The van der Waals surface area contributed by atoms with E-state index in [2.05, 4.69) is 10.6 Å². The standard InChI is InChI=1S/C21H33N3O5/c1-12(2)9-16(22)19(26)23-17(10-13(3)4)20(27)24-18(21(28)29)11-14-5-7-15(25)8-6-14/h5-8,12-13,16-18,25H,9-11,22H2,1-4H3,(H,23,26)(H,24,27)(H,28,29)/t16-,17+,18+/m1/s1. The Morgan fingerprint density at radius 1 is 0.897 bits per heavy atom. The van der Waals surface area contributed by atoms with Crippen LogP contribution in [0.15, 0.2) is 24.3 Å². The third-order valence-corrected chi connectivity index (χ3v) is 4.39. The first-order valence-corrected chi connectivity index (χ1v) is 9.86. The summed E-state index contributed by atoms with van der Waals surface area (Å²) in [5.74, 6) is -1.76. The molecule has 6 N–H and O–H groups in total. The van der Waals surface area contributed by atoms with Crippen LogP contribution in [0.5, 0.6) is 5.75 Å². The highest BCUT2D eigenvalue weighted by molar-refractivity contribution is 5.91. The van der Waals surface area contributed by atoms with Crippen LogP contribution in [0.3, 0.4) is 0 Å². The van der Waals surface area contributed by atoms with Gasteiger partial charge in [0.25, 0.3) is 0 Å². The van der Waals surface area contributed by atoms with Crippen molar-refractivity contribution in [1.29, 1.82) is 0 Å². The van der Waals surface area contributed by atoms with Crippen molar-refractivity contribution in [2.45, 2.75) is 65.1 Å². The van der Waals surface area contributed by atoms with Gasteiger partial charge >= 0.3 is 5.97 Å². The molecular formula is C21H33N3O5. The predicted octanol–water partition coefficient (Wildman–Crippen LogP) is 1.41. The van der Waals surface area contributed by atoms with Crippen molar-refractivity contribution in [2.24, 2.45) is 17.6 Å². The summed E-state index contributed by atoms with van der Waals surface area (Å²) < 4.78 is 0. The molecule has 162 valence electrons. The Hall–Kier alpha value is -2.61. The zero-order valence-corrected chi connectivity index (χ0v) is 17.5. The minimum Gasteiger partial charge on any atom is -0.508 e. The molecule has 0 unspecified atom stereocenters. The van der Waals surface area contributed by atoms with E-state index in [1.807, 2.05) is 27.7 Å². The van der Waals surface area contributed by atoms with Crippen molar-refractivity contribution in [1.82, 2.24) is 10.6 Å². The molecule has 0 bridgehead atoms. The lowest BCUT2D eigenvalue weighted by molar-refractivity contribution is -0.142. The number of carbonyl (C=O) groups is 3. The Morgan fingerprint density at radius 3 is 1.90 bits per heavy atom. The van der Waals surface area contributed by atoms with E-state index in [1.165, 1.54) is 12.1 Å². The average Bonchev–Trinajstić information content (AvgIpc) is 2.61. The molecule has 0 saturated heterocycles. The van der Waals surface area contributed by atoms with Gasteiger partial charge in [-0.15, -0.1) is 0 Å². The SMILES string of the molecule is CC(C)C[C@@H](N)C(=O)N[C@@H](CC(C)C)C(=O)N[C@@H](Cc1ccc(O)cc1)C(=O)O. The molecular weight excluding hydrogens is 374 g/mol. The van der Waals surface area contributed by atoms with Crippen LogP contribution in [0, 0.1) is 11.8 Å². The summed E-state index contributed by atoms with van der Waals surface area (Å²) >= 11 is 0. The molecule has 0 fully saturated rings. The van der Waals surface area contributed by atoms with Gasteiger partial charge in [0, 0.05) is 6.42 Å². The second kappa shape index (κ2) is 11.4. The van der Waals surface area contributed by atoms with Crippen LogP contribution in [0.1, 0.15) is 46.1 Å². The quantitative estimate of drug-likeness (QED) is 0.375. The van der Waals surface area contributed by atoms with Crippen LogP contribution >= 0.6 is 0 Å². The fraction of sp³-hybridized carbons (Fsp3) is 0.571. The average molecular weight is 408 g/mol. The number of phenols is 1. The molecule has 0 aliphatic heterocycles. The van der Waals surface area contributed by atoms with E-state index in [1.54, 1.807) is 12.1 Å². The molecule has 3 atom stereocenters. The highest BCUT2D eigenvalue weighted by Gasteiger charge is 2.28. The Kier molecular flexibility index (Phi) is 9.61. The number of hydrogen-bond donors (Lipinski definition) is 5. The second-order valence-electron chi connectivity index (χ2n) is 8.20. The maximum absolute atomic E-state index is 12.7. The molecule has 0 heterocycles. The van der Waals surface area contributed by atoms with Crippen molar-refractivity contribution in [3.05, 3.63) is 29.8 Å². The van der Waals surface area contributed by atoms with E-state index in [0.29, 0.717) is 18.4 Å². The normalized spacial score (nSPS) is 14.3. The number of carboxylic acids is 1. The first-order valence-electron chi connectivity index (χ1n) is 9.86. The van der Waals surface area contributed by atoms with E-state index < -0.39 is 35.9 Å². The van der Waals surface area contributed by atoms with Crippen LogP contribution in [0.2, 0.25) is 0 Å². The number of phenolic OH excluding ortho intramolecular Hbond substituents is 1. The van der Waals surface area contributed by atoms with Crippen LogP contribution in [-0.4, -0.2) is 46.1 Å². The Morgan fingerprint density at radius 2 is 1.41 bits per heavy atom. The number of nitrogens with one attached hydrogen (secondary N) is 2. The monoisotopic (exact) mass is 407 g/mol. The summed E-state index contributed by atoms with van der Waals surface area (Å²) in [6, 6.07) is 3.32. The molecule has 0 aliphatic carbocycles. The van der Waals surface area contributed by atoms with Gasteiger partial charge in [-0.3, -0.25) is 9.59 Å². The van der Waals surface area contributed by atoms with E-state index in [0.717, 1.165) is 0 Å². The Balaban J connectivity index is 2.85. The van der Waals surface area contributed by atoms with Gasteiger partial charge in [0.2, 0.25) is 11.8 Å². The molecule has 8 nitrogen and oxygen atoms in total. The Labute approximate surface area is 171 Å². The third-order valence-electron chi connectivity index (χ3n) is 4.39. The summed E-state index contributed by atoms with van der Waals surface area (Å²) in [5.41, 5.74) is 6.55. The number of carbonyl (C=O) groups excluding carboxylic acids is 2. The fourth-order valence-corrected chi connectivity index (χ4v) is 2.94. The zero-order chi connectivity index (χ0) is 22.1. The molecule has 0 aromatic heterocycles. The summed E-state index contributed by atoms with van der Waals surface area (Å²) in [7, 11) is 0. The maximum Gasteiger partial charge on any atom is 0.326 e. The van der Waals surface area contributed by atoms with Gasteiger partial charge in [-0.05, 0) is 42.4 Å². The number of rotatable bonds is 11. The van der Waals surface area contributed by atoms with Gasteiger partial charge < -0.3 is 26.6 Å². The first kappa shape index (κ1) is 24.4. The topological polar surface area (TPSA) is 142 Å². The highest BCUT2D eigenvalue weighted by Crippen LogP contribution is 2.12. The van der Waals surface area contributed by atoms with Gasteiger partial charge in [0.1, 0.15) is 17.8 Å². The van der Waals surface area contributed by atoms with Crippen molar-refractivity contribution in [3.63, 3.8) is 0 Å². The Bertz CT molecular complexity index is 688. The minimum absolute atomic E-state index is 0.0521. The van der Waals surface area contributed by atoms with Crippen molar-refractivity contribution in [3.8, 4) is 5.75 Å². The van der Waals surface area contributed by atoms with Crippen molar-refractivity contribution >= 4 is 17.8 Å². The van der Waals surface area contributed by atoms with Gasteiger partial charge in [-0.2, -0.15) is 0 Å². The number of aromatic hydroxyl groups is 1. The molecule has 0 saturated carbocycles. The summed E-state index contributed by atoms with van der Waals surface area (Å²) in [6.07, 6.45) is 0.897. The van der Waals surface area contributed by atoms with Gasteiger partial charge in [-0.1, -0.05) is 39.8 Å². The molecule has 0 spiro atoms. The lowest BCUT2D eigenvalue weighted by Crippen LogP contribution is -2.55. The molecule has 29 heavy (non-hydrogen) atoms. The molecule has 0 aliphatic rings. The lowest BCUT2D eigenvalue weighted by atomic mass is 9.99. The fourth-order valence-electron chi connectivity index (χ4n) is 2.94. The zero-order valence-electron chi connectivity index (χ0n) is 17.5. The first-order chi connectivity index (χ1) is 13.5. The van der Waals surface area contributed by atoms with Crippen LogP contribution < -0.4 is 16.4 Å². The number of hydrogen-bond acceptors (Lipinski definition) is 5. The molecule has 0 radical (unpaired) electrons. The van der Waals surface area contributed by atoms with Crippen LogP contribution in [0.4, 0.5) is 0 Å². The summed E-state index contributed by atoms with van der Waals surface area (Å²) in [6.45, 7) is 7.72. The van der Waals surface area contributed by atoms with Crippen LogP contribution in [-0.2, 0) is 20.8 Å². The van der Waals surface area contributed by atoms with E-state index in [4.69, 9.17) is 5.73 Å². The highest BCUT2D eigenvalue weighted by atomic mass is 16.4. The molecule has 8 heteroatoms. The summed E-state index contributed by atoms with van der Waals surface area (Å²) in [4.78, 5) is 36.7. The van der Waals surface area contributed by atoms with Crippen molar-refractivity contribution in [2.75, 3.05) is 0 Å².